The summed E-state index contributed by atoms with van der Waals surface area (Å²) in [5.41, 5.74) is 8.83. The Bertz CT molecular complexity index is 5170. The molecular formula is C82H82N8O6. The van der Waals surface area contributed by atoms with Gasteiger partial charge in [0.2, 0.25) is 0 Å². The zero-order valence-electron chi connectivity index (χ0n) is 56.5. The van der Waals surface area contributed by atoms with Gasteiger partial charge >= 0.3 is 0 Å². The number of aliphatic imine (C=N–C) groups is 6. The van der Waals surface area contributed by atoms with E-state index >= 15 is 0 Å². The first-order valence-corrected chi connectivity index (χ1v) is 35.1. The van der Waals surface area contributed by atoms with Crippen LogP contribution in [0.5, 0.6) is 34.5 Å². The molecule has 1 N–H and O–H groups in total. The topological polar surface area (TPSA) is 158 Å². The molecule has 96 heavy (non-hydrogen) atoms. The molecule has 0 atom stereocenters. The molecule has 0 amide bonds. The minimum atomic E-state index is 0.297. The van der Waals surface area contributed by atoms with Crippen LogP contribution in [0.2, 0.25) is 0 Å². The van der Waals surface area contributed by atoms with E-state index in [1.165, 1.54) is 0 Å². The highest BCUT2D eigenvalue weighted by Gasteiger charge is 2.40. The smallest absolute Gasteiger partial charge is 0.168 e. The molecule has 2 aromatic heterocycles. The lowest BCUT2D eigenvalue weighted by molar-refractivity contribution is 0.305. The van der Waals surface area contributed by atoms with Crippen LogP contribution in [0.1, 0.15) is 170 Å². The maximum atomic E-state index is 7.27. The molecule has 4 aliphatic rings. The summed E-state index contributed by atoms with van der Waals surface area (Å²) < 4.78 is 43.3. The van der Waals surface area contributed by atoms with Crippen molar-refractivity contribution in [1.29, 1.82) is 0 Å². The summed E-state index contributed by atoms with van der Waals surface area (Å²) in [5, 5.41) is 12.4. The van der Waals surface area contributed by atoms with Crippen LogP contribution in [-0.4, -0.2) is 84.4 Å². The van der Waals surface area contributed by atoms with Crippen LogP contribution >= 0.6 is 0 Å². The molecule has 0 radical (unpaired) electrons. The van der Waals surface area contributed by atoms with Gasteiger partial charge in [-0.15, -0.1) is 0 Å². The third-order valence-corrected chi connectivity index (χ3v) is 19.2. The highest BCUT2D eigenvalue weighted by atomic mass is 16.5. The van der Waals surface area contributed by atoms with Gasteiger partial charge in [-0.1, -0.05) is 159 Å². The quantitative estimate of drug-likeness (QED) is 0.0466. The summed E-state index contributed by atoms with van der Waals surface area (Å²) in [5.74, 6) is 6.71. The number of aromatic nitrogens is 2. The van der Waals surface area contributed by atoms with E-state index in [1.54, 1.807) is 0 Å². The fraction of sp³-hybridized carbons (Fsp3) is 0.329. The molecule has 0 unspecified atom stereocenters. The van der Waals surface area contributed by atoms with Crippen molar-refractivity contribution in [3.8, 4) is 34.5 Å². The number of H-pyrrole nitrogens is 1. The minimum absolute atomic E-state index is 0.297. The average molecular weight is 1280 g/mol. The number of aryl methyl sites for hydroxylation is 2. The number of rotatable bonds is 24. The summed E-state index contributed by atoms with van der Waals surface area (Å²) in [7, 11) is 0. The van der Waals surface area contributed by atoms with E-state index in [1.807, 2.05) is 12.3 Å². The normalized spacial score (nSPS) is 13.9. The first-order chi connectivity index (χ1) is 47.2. The molecule has 0 saturated heterocycles. The first kappa shape index (κ1) is 62.2. The van der Waals surface area contributed by atoms with Crippen molar-refractivity contribution in [3.63, 3.8) is 0 Å². The van der Waals surface area contributed by atoms with Crippen LogP contribution in [0.15, 0.2) is 145 Å². The number of nitrogens with zero attached hydrogens (tertiary/aromatic N) is 7. The Labute approximate surface area is 560 Å². The van der Waals surface area contributed by atoms with Crippen molar-refractivity contribution in [2.45, 2.75) is 139 Å². The predicted molar refractivity (Wildman–Crippen MR) is 396 cm³/mol. The highest BCUT2D eigenvalue weighted by molar-refractivity contribution is 6.40. The standard InChI is InChI=1S/C82H82N8O6/c1-9-15-36-91-71-55-33-26-25-32-53(55)47(7)62-60-46-61(64(62)71)85-79-67-69(75(95-40-19-13-5)59-45-52-31-24-22-29-50(52)43-57(59)73(67)93-38-17-11-3)82(89-79)90-80-65-63(48(8)54-34-27-35-83-70(54)76(65)96-41-20-14-6)77(86-80)87-81-68-66(78(84-60)88-81)72(92-37-16-10-2)56-42-49-28-21-23-30-51(49)44-58(56)74(68)94-39-18-12-4/h21-35,42-45H,9-20,36-41,46H2,1-8H3,(H,84,85,86,87,88,89,90). The van der Waals surface area contributed by atoms with Crippen LogP contribution in [-0.2, 0) is 0 Å². The molecule has 8 bridgehead atoms. The van der Waals surface area contributed by atoms with Gasteiger partial charge < -0.3 is 33.4 Å². The second-order valence-electron chi connectivity index (χ2n) is 25.7. The van der Waals surface area contributed by atoms with E-state index in [0.29, 0.717) is 137 Å². The number of ether oxygens (including phenoxy) is 6. The lowest BCUT2D eigenvalue weighted by Crippen LogP contribution is -2.11. The van der Waals surface area contributed by atoms with E-state index < -0.39 is 0 Å². The van der Waals surface area contributed by atoms with Gasteiger partial charge in [0.05, 0.1) is 78.7 Å². The number of amidine groups is 4. The average Bonchev–Trinajstić information content (AvgIpc) is 1.51. The Morgan fingerprint density at radius 1 is 0.333 bits per heavy atom. The molecule has 0 fully saturated rings. The molecule has 14 nitrogen and oxygen atoms in total. The fourth-order valence-electron chi connectivity index (χ4n) is 14.2. The van der Waals surface area contributed by atoms with Crippen LogP contribution in [0, 0.1) is 13.8 Å². The molecule has 14 heteroatoms. The number of hydrogen-bond acceptors (Lipinski definition) is 13. The largest absolute Gasteiger partial charge is 0.492 e. The van der Waals surface area contributed by atoms with Crippen LogP contribution in [0.3, 0.4) is 0 Å². The SMILES string of the molecule is CCCCOc1c2c(c(C)c3ccccc13)C1=NC3=NC(=Nc4[nH]c(c5c(OCCCC)c6ncccc6c(C)c45)N=C4N=C(N=C2C1)c1c4c(OCCCC)c2cc4ccccc4cc2c1OCCCC)c1c3c(OCCCC)c2cc3ccccc3cc2c1OCCCC. The number of benzene rings is 9. The van der Waals surface area contributed by atoms with E-state index in [-0.39, 0.29) is 0 Å². The highest BCUT2D eigenvalue weighted by Crippen LogP contribution is 2.53. The second kappa shape index (κ2) is 26.7. The molecule has 11 aromatic rings. The Morgan fingerprint density at radius 2 is 0.688 bits per heavy atom. The maximum absolute atomic E-state index is 7.27. The van der Waals surface area contributed by atoms with Crippen molar-refractivity contribution in [3.05, 3.63) is 160 Å². The lowest BCUT2D eigenvalue weighted by atomic mass is 9.93. The summed E-state index contributed by atoms with van der Waals surface area (Å²) in [6, 6.07) is 38.6. The Hall–Kier alpha value is -9.95. The number of pyridine rings is 1. The summed E-state index contributed by atoms with van der Waals surface area (Å²) >= 11 is 0. The monoisotopic (exact) mass is 1270 g/mol. The second-order valence-corrected chi connectivity index (χ2v) is 25.7. The Kier molecular flexibility index (Phi) is 17.3. The van der Waals surface area contributed by atoms with Crippen LogP contribution in [0.4, 0.5) is 11.6 Å². The minimum Gasteiger partial charge on any atom is -0.492 e. The zero-order chi connectivity index (χ0) is 65.6. The van der Waals surface area contributed by atoms with Gasteiger partial charge in [-0.2, -0.15) is 0 Å². The summed E-state index contributed by atoms with van der Waals surface area (Å²) in [6.45, 7) is 20.3. The van der Waals surface area contributed by atoms with Gasteiger partial charge in [0.1, 0.15) is 45.9 Å². The molecule has 486 valence electrons. The Balaban J connectivity index is 1.14. The van der Waals surface area contributed by atoms with Gasteiger partial charge in [0, 0.05) is 61.4 Å². The van der Waals surface area contributed by atoms with Crippen molar-refractivity contribution < 1.29 is 28.4 Å². The molecule has 5 heterocycles. The van der Waals surface area contributed by atoms with Crippen molar-refractivity contribution >= 4 is 122 Å². The third-order valence-electron chi connectivity index (χ3n) is 19.2. The molecule has 0 spiro atoms. The van der Waals surface area contributed by atoms with Crippen molar-refractivity contribution in [2.24, 2.45) is 30.0 Å². The predicted octanol–water partition coefficient (Wildman–Crippen LogP) is 20.5. The molecule has 1 aliphatic carbocycles. The van der Waals surface area contributed by atoms with Gasteiger partial charge in [-0.05, 0) is 121 Å². The molecule has 15 rings (SSSR count). The van der Waals surface area contributed by atoms with Gasteiger partial charge in [0.15, 0.2) is 29.1 Å². The number of nitrogens with one attached hydrogen (secondary N) is 1. The summed E-state index contributed by atoms with van der Waals surface area (Å²) in [6.07, 6.45) is 12.8. The Morgan fingerprint density at radius 3 is 1.11 bits per heavy atom. The number of fused-ring (bicyclic) bond motifs is 24. The fourth-order valence-corrected chi connectivity index (χ4v) is 14.2. The van der Waals surface area contributed by atoms with Crippen LogP contribution in [0.25, 0.3) is 75.5 Å². The van der Waals surface area contributed by atoms with E-state index in [4.69, 9.17) is 63.4 Å². The molecule has 9 aromatic carbocycles. The molecular weight excluding hydrogens is 1190 g/mol. The third kappa shape index (κ3) is 10.8. The van der Waals surface area contributed by atoms with Gasteiger partial charge in [0.25, 0.3) is 0 Å². The van der Waals surface area contributed by atoms with Gasteiger partial charge in [-0.3, -0.25) is 4.98 Å². The number of aromatic amines is 1. The van der Waals surface area contributed by atoms with E-state index in [2.05, 4.69) is 164 Å². The number of hydrogen-bond donors (Lipinski definition) is 1. The number of unbranched alkanes of at least 4 members (excludes halogenated alkanes) is 6. The lowest BCUT2D eigenvalue weighted by Gasteiger charge is -2.20. The molecule has 0 saturated carbocycles. The summed E-state index contributed by atoms with van der Waals surface area (Å²) in [4.78, 5) is 44.2. The van der Waals surface area contributed by atoms with Crippen molar-refractivity contribution in [2.75, 3.05) is 39.6 Å². The van der Waals surface area contributed by atoms with Crippen LogP contribution < -0.4 is 28.4 Å². The van der Waals surface area contributed by atoms with E-state index in [9.17, 15) is 0 Å². The zero-order valence-corrected chi connectivity index (χ0v) is 56.5. The maximum Gasteiger partial charge on any atom is 0.168 e. The van der Waals surface area contributed by atoms with E-state index in [0.717, 1.165) is 187 Å². The first-order valence-electron chi connectivity index (χ1n) is 35.1. The molecule has 3 aliphatic heterocycles. The van der Waals surface area contributed by atoms with Crippen molar-refractivity contribution in [1.82, 2.24) is 9.97 Å². The van der Waals surface area contributed by atoms with Gasteiger partial charge in [-0.25, -0.2) is 30.0 Å².